The molecule has 0 spiro atoms. The number of halogens is 2. The summed E-state index contributed by atoms with van der Waals surface area (Å²) in [5.41, 5.74) is 7.43. The fourth-order valence-electron chi connectivity index (χ4n) is 1.06. The molecule has 0 saturated heterocycles. The maximum Gasteiger partial charge on any atom is 0.332 e. The highest BCUT2D eigenvalue weighted by atomic mass is 35.5. The Morgan fingerprint density at radius 2 is 2.25 bits per heavy atom. The smallest absolute Gasteiger partial charge is 0.332 e. The van der Waals surface area contributed by atoms with Crippen LogP contribution in [-0.4, -0.2) is 19.4 Å². The van der Waals surface area contributed by atoms with Gasteiger partial charge in [-0.05, 0) is 12.1 Å². The van der Waals surface area contributed by atoms with Gasteiger partial charge in [-0.25, -0.2) is 10.2 Å². The number of methoxy groups -OCH3 is 1. The van der Waals surface area contributed by atoms with Gasteiger partial charge in [-0.1, -0.05) is 23.2 Å². The molecule has 0 fully saturated rings. The number of urea groups is 1. The van der Waals surface area contributed by atoms with Crippen LogP contribution in [-0.2, 0) is 0 Å². The van der Waals surface area contributed by atoms with Crippen molar-refractivity contribution in [1.29, 1.82) is 0 Å². The van der Waals surface area contributed by atoms with E-state index in [-0.39, 0.29) is 0 Å². The molecule has 2 amide bonds. The van der Waals surface area contributed by atoms with Crippen LogP contribution >= 0.6 is 23.2 Å². The second kappa shape index (κ2) is 5.58. The number of nitrogens with two attached hydrogens (primary N) is 1. The molecule has 0 bridgehead atoms. The molecule has 0 saturated carbocycles. The summed E-state index contributed by atoms with van der Waals surface area (Å²) in [6, 6.07) is 2.38. The first-order valence-corrected chi connectivity index (χ1v) is 4.91. The molecule has 1 rings (SSSR count). The maximum absolute atomic E-state index is 10.4. The second-order valence-electron chi connectivity index (χ2n) is 2.74. The second-order valence-corrected chi connectivity index (χ2v) is 3.59. The predicted octanol–water partition coefficient (Wildman–Crippen LogP) is 2.00. The Balaban J connectivity index is 3.02. The Bertz CT molecular complexity index is 435. The van der Waals surface area contributed by atoms with Gasteiger partial charge < -0.3 is 10.5 Å². The number of primary amides is 1. The largest absolute Gasteiger partial charge is 0.495 e. The highest BCUT2D eigenvalue weighted by Crippen LogP contribution is 2.30. The quantitative estimate of drug-likeness (QED) is 0.645. The van der Waals surface area contributed by atoms with Gasteiger partial charge in [0.1, 0.15) is 5.75 Å². The first kappa shape index (κ1) is 12.6. The normalized spacial score (nSPS) is 10.4. The third-order valence-electron chi connectivity index (χ3n) is 1.62. The first-order chi connectivity index (χ1) is 7.54. The number of hydrazone groups is 1. The summed E-state index contributed by atoms with van der Waals surface area (Å²) in [7, 11) is 1.47. The van der Waals surface area contributed by atoms with Crippen molar-refractivity contribution in [1.82, 2.24) is 5.43 Å². The van der Waals surface area contributed by atoms with Crippen LogP contribution in [0, 0.1) is 0 Å². The van der Waals surface area contributed by atoms with Crippen molar-refractivity contribution >= 4 is 35.4 Å². The van der Waals surface area contributed by atoms with Gasteiger partial charge in [0.25, 0.3) is 0 Å². The van der Waals surface area contributed by atoms with E-state index in [1.165, 1.54) is 13.3 Å². The van der Waals surface area contributed by atoms with Crippen molar-refractivity contribution < 1.29 is 9.53 Å². The molecule has 1 aromatic carbocycles. The number of carbonyl (C=O) groups excluding carboxylic acids is 1. The zero-order valence-electron chi connectivity index (χ0n) is 8.33. The third-order valence-corrected chi connectivity index (χ3v) is 2.12. The summed E-state index contributed by atoms with van der Waals surface area (Å²) in [4.78, 5) is 10.4. The number of carbonyl (C=O) groups is 1. The molecule has 0 aliphatic carbocycles. The van der Waals surface area contributed by atoms with Crippen LogP contribution in [0.1, 0.15) is 5.56 Å². The summed E-state index contributed by atoms with van der Waals surface area (Å²) in [5, 5.41) is 4.38. The SMILES string of the molecule is COc1c(Cl)cc(Cl)cc1C=NNC(N)=O. The van der Waals surface area contributed by atoms with E-state index in [9.17, 15) is 4.79 Å². The van der Waals surface area contributed by atoms with E-state index in [1.807, 2.05) is 0 Å². The van der Waals surface area contributed by atoms with Crippen LogP contribution in [0.4, 0.5) is 4.79 Å². The van der Waals surface area contributed by atoms with Gasteiger partial charge in [-0.2, -0.15) is 5.10 Å². The van der Waals surface area contributed by atoms with Gasteiger partial charge in [-0.15, -0.1) is 0 Å². The van der Waals surface area contributed by atoms with Crippen molar-refractivity contribution in [2.24, 2.45) is 10.8 Å². The zero-order valence-corrected chi connectivity index (χ0v) is 9.84. The Morgan fingerprint density at radius 3 is 2.81 bits per heavy atom. The van der Waals surface area contributed by atoms with E-state index in [4.69, 9.17) is 33.7 Å². The van der Waals surface area contributed by atoms with Crippen LogP contribution in [0.3, 0.4) is 0 Å². The molecular formula is C9H9Cl2N3O2. The fraction of sp³-hybridized carbons (Fsp3) is 0.111. The topological polar surface area (TPSA) is 76.7 Å². The number of hydrogen-bond acceptors (Lipinski definition) is 3. The number of benzene rings is 1. The first-order valence-electron chi connectivity index (χ1n) is 4.16. The van der Waals surface area contributed by atoms with Gasteiger partial charge in [0, 0.05) is 10.6 Å². The molecule has 7 heteroatoms. The average Bonchev–Trinajstić information content (AvgIpc) is 2.16. The summed E-state index contributed by atoms with van der Waals surface area (Å²) < 4.78 is 5.06. The van der Waals surface area contributed by atoms with Crippen LogP contribution in [0.5, 0.6) is 5.75 Å². The van der Waals surface area contributed by atoms with Gasteiger partial charge in [0.2, 0.25) is 0 Å². The van der Waals surface area contributed by atoms with Crippen molar-refractivity contribution in [3.63, 3.8) is 0 Å². The molecule has 86 valence electrons. The third kappa shape index (κ3) is 3.29. The Labute approximate surface area is 102 Å². The van der Waals surface area contributed by atoms with E-state index in [2.05, 4.69) is 10.5 Å². The van der Waals surface area contributed by atoms with Gasteiger partial charge in [0.05, 0.1) is 18.3 Å². The van der Waals surface area contributed by atoms with E-state index in [0.717, 1.165) is 0 Å². The van der Waals surface area contributed by atoms with Crippen molar-refractivity contribution in [2.45, 2.75) is 0 Å². The van der Waals surface area contributed by atoms with Crippen LogP contribution in [0.25, 0.3) is 0 Å². The molecule has 0 unspecified atom stereocenters. The average molecular weight is 262 g/mol. The molecule has 0 atom stereocenters. The molecule has 5 nitrogen and oxygen atoms in total. The number of nitrogens with zero attached hydrogens (tertiary/aromatic N) is 1. The van der Waals surface area contributed by atoms with Gasteiger partial charge in [-0.3, -0.25) is 0 Å². The van der Waals surface area contributed by atoms with E-state index in [1.54, 1.807) is 12.1 Å². The molecule has 3 N–H and O–H groups in total. The fourth-order valence-corrected chi connectivity index (χ4v) is 1.64. The minimum absolute atomic E-state index is 0.357. The summed E-state index contributed by atoms with van der Waals surface area (Å²) in [6.45, 7) is 0. The minimum Gasteiger partial charge on any atom is -0.495 e. The molecule has 0 heterocycles. The maximum atomic E-state index is 10.4. The summed E-state index contributed by atoms with van der Waals surface area (Å²) in [6.07, 6.45) is 1.33. The lowest BCUT2D eigenvalue weighted by Crippen LogP contribution is -2.24. The molecule has 0 aliphatic heterocycles. The van der Waals surface area contributed by atoms with E-state index < -0.39 is 6.03 Å². The number of amides is 2. The highest BCUT2D eigenvalue weighted by Gasteiger charge is 2.07. The molecule has 0 aliphatic rings. The lowest BCUT2D eigenvalue weighted by Gasteiger charge is -2.07. The lowest BCUT2D eigenvalue weighted by atomic mass is 10.2. The lowest BCUT2D eigenvalue weighted by molar-refractivity contribution is 0.249. The van der Waals surface area contributed by atoms with E-state index in [0.29, 0.717) is 21.4 Å². The molecule has 0 radical (unpaired) electrons. The Morgan fingerprint density at radius 1 is 1.56 bits per heavy atom. The highest BCUT2D eigenvalue weighted by molar-refractivity contribution is 6.36. The minimum atomic E-state index is -0.761. The van der Waals surface area contributed by atoms with Crippen molar-refractivity contribution in [2.75, 3.05) is 7.11 Å². The summed E-state index contributed by atoms with van der Waals surface area (Å²) in [5.74, 6) is 0.418. The summed E-state index contributed by atoms with van der Waals surface area (Å²) >= 11 is 11.7. The predicted molar refractivity (Wildman–Crippen MR) is 63.3 cm³/mol. The van der Waals surface area contributed by atoms with Crippen LogP contribution in [0.15, 0.2) is 17.2 Å². The monoisotopic (exact) mass is 261 g/mol. The Hall–Kier alpha value is -1.46. The Kier molecular flexibility index (Phi) is 4.39. The number of ether oxygens (including phenoxy) is 1. The van der Waals surface area contributed by atoms with Crippen molar-refractivity contribution in [3.05, 3.63) is 27.7 Å². The molecular weight excluding hydrogens is 253 g/mol. The van der Waals surface area contributed by atoms with Crippen LogP contribution in [0.2, 0.25) is 10.0 Å². The standard InChI is InChI=1S/C9H9Cl2N3O2/c1-16-8-5(4-13-14-9(12)15)2-6(10)3-7(8)11/h2-4H,1H3,(H3,12,14,15). The number of rotatable bonds is 3. The molecule has 0 aromatic heterocycles. The van der Waals surface area contributed by atoms with Crippen molar-refractivity contribution in [3.8, 4) is 5.75 Å². The van der Waals surface area contributed by atoms with Gasteiger partial charge in [0.15, 0.2) is 0 Å². The molecule has 16 heavy (non-hydrogen) atoms. The van der Waals surface area contributed by atoms with Crippen LogP contribution < -0.4 is 15.9 Å². The number of nitrogens with one attached hydrogen (secondary N) is 1. The zero-order chi connectivity index (χ0) is 12.1. The molecule has 1 aromatic rings. The van der Waals surface area contributed by atoms with E-state index >= 15 is 0 Å². The van der Waals surface area contributed by atoms with Gasteiger partial charge >= 0.3 is 6.03 Å². The number of hydrogen-bond donors (Lipinski definition) is 2.